The van der Waals surface area contributed by atoms with Gasteiger partial charge in [0.05, 0.1) is 22.8 Å². The molecule has 1 amide bonds. The van der Waals surface area contributed by atoms with Crippen molar-refractivity contribution in [2.45, 2.75) is 6.42 Å². The first-order chi connectivity index (χ1) is 12.6. The second-order valence-corrected chi connectivity index (χ2v) is 6.27. The zero-order valence-electron chi connectivity index (χ0n) is 13.6. The van der Waals surface area contributed by atoms with Gasteiger partial charge in [-0.1, -0.05) is 18.2 Å². The van der Waals surface area contributed by atoms with Crippen molar-refractivity contribution in [2.75, 3.05) is 11.4 Å². The lowest BCUT2D eigenvalue weighted by Gasteiger charge is -2.16. The fraction of sp³-hybridized carbons (Fsp3) is 0.105. The molecule has 0 spiro atoms. The quantitative estimate of drug-likeness (QED) is 0.575. The minimum atomic E-state index is -0.386. The number of hydrogen-bond donors (Lipinski definition) is 1. The summed E-state index contributed by atoms with van der Waals surface area (Å²) < 4.78 is 15.2. The number of carbonyl (C=O) groups is 1. The third-order valence-electron chi connectivity index (χ3n) is 4.80. The molecule has 0 fully saturated rings. The third-order valence-corrected chi connectivity index (χ3v) is 4.80. The van der Waals surface area contributed by atoms with Crippen LogP contribution in [0.2, 0.25) is 0 Å². The number of fused-ring (bicyclic) bond motifs is 4. The number of nitrogens with zero attached hydrogens (tertiary/aromatic N) is 3. The molecule has 1 N–H and O–H groups in total. The average Bonchev–Trinajstić information content (AvgIpc) is 3.25. The van der Waals surface area contributed by atoms with Crippen molar-refractivity contribution in [1.29, 1.82) is 0 Å². The highest BCUT2D eigenvalue weighted by atomic mass is 19.1. The molecule has 0 saturated carbocycles. The van der Waals surface area contributed by atoms with Gasteiger partial charge in [-0.3, -0.25) is 9.59 Å². The number of rotatable bonds is 1. The van der Waals surface area contributed by atoms with E-state index in [4.69, 9.17) is 0 Å². The standard InChI is InChI=1S/C19H13FN4O2/c20-12-6-5-11-7-8-23(16(11)9-12)19(26)14-10-21-24-15-4-2-1-3-13(15)18(25)22-17(14)24/h1-6,9-10H,7-8H2,(H,22,25). The second-order valence-electron chi connectivity index (χ2n) is 6.27. The molecular weight excluding hydrogens is 335 g/mol. The Morgan fingerprint density at radius 2 is 2.04 bits per heavy atom. The minimum Gasteiger partial charge on any atom is -0.307 e. The van der Waals surface area contributed by atoms with E-state index in [0.29, 0.717) is 35.2 Å². The molecule has 1 aliphatic rings. The first kappa shape index (κ1) is 14.8. The first-order valence-corrected chi connectivity index (χ1v) is 8.22. The summed E-state index contributed by atoms with van der Waals surface area (Å²) >= 11 is 0. The van der Waals surface area contributed by atoms with Crippen molar-refractivity contribution in [3.63, 3.8) is 0 Å². The summed E-state index contributed by atoms with van der Waals surface area (Å²) in [7, 11) is 0. The van der Waals surface area contributed by atoms with Gasteiger partial charge >= 0.3 is 0 Å². The number of hydrogen-bond acceptors (Lipinski definition) is 3. The molecule has 0 aliphatic carbocycles. The van der Waals surface area contributed by atoms with Crippen molar-refractivity contribution in [2.24, 2.45) is 0 Å². The molecular formula is C19H13FN4O2. The van der Waals surface area contributed by atoms with Crippen LogP contribution in [-0.4, -0.2) is 27.0 Å². The summed E-state index contributed by atoms with van der Waals surface area (Å²) in [5.41, 5.74) is 2.45. The topological polar surface area (TPSA) is 70.5 Å². The number of para-hydroxylation sites is 1. The Morgan fingerprint density at radius 1 is 1.19 bits per heavy atom. The molecule has 26 heavy (non-hydrogen) atoms. The molecule has 2 aromatic heterocycles. The fourth-order valence-corrected chi connectivity index (χ4v) is 3.54. The molecule has 0 saturated heterocycles. The van der Waals surface area contributed by atoms with E-state index in [2.05, 4.69) is 10.1 Å². The fourth-order valence-electron chi connectivity index (χ4n) is 3.54. The number of benzene rings is 2. The lowest BCUT2D eigenvalue weighted by atomic mass is 10.1. The molecule has 0 atom stereocenters. The Balaban J connectivity index is 1.68. The van der Waals surface area contributed by atoms with Gasteiger partial charge in [0.1, 0.15) is 17.0 Å². The van der Waals surface area contributed by atoms with Gasteiger partial charge in [-0.05, 0) is 36.2 Å². The van der Waals surface area contributed by atoms with E-state index < -0.39 is 0 Å². The molecule has 6 nitrogen and oxygen atoms in total. The molecule has 0 unspecified atom stereocenters. The summed E-state index contributed by atoms with van der Waals surface area (Å²) in [5.74, 6) is -0.696. The van der Waals surface area contributed by atoms with E-state index in [-0.39, 0.29) is 22.8 Å². The number of nitrogens with one attached hydrogen (secondary N) is 1. The molecule has 5 rings (SSSR count). The summed E-state index contributed by atoms with van der Waals surface area (Å²) in [6, 6.07) is 11.5. The van der Waals surface area contributed by atoms with E-state index in [1.807, 2.05) is 6.07 Å². The molecule has 1 aliphatic heterocycles. The summed E-state index contributed by atoms with van der Waals surface area (Å²) in [4.78, 5) is 29.7. The highest BCUT2D eigenvalue weighted by molar-refractivity contribution is 6.11. The number of aromatic amines is 1. The van der Waals surface area contributed by atoms with Crippen LogP contribution < -0.4 is 10.5 Å². The smallest absolute Gasteiger partial charge is 0.263 e. The lowest BCUT2D eigenvalue weighted by Crippen LogP contribution is -2.29. The van der Waals surface area contributed by atoms with Gasteiger partial charge in [0.15, 0.2) is 0 Å². The number of H-pyrrole nitrogens is 1. The van der Waals surface area contributed by atoms with Crippen molar-refractivity contribution >= 4 is 28.1 Å². The van der Waals surface area contributed by atoms with Crippen LogP contribution in [0.15, 0.2) is 53.5 Å². The van der Waals surface area contributed by atoms with Crippen LogP contribution in [0.1, 0.15) is 15.9 Å². The molecule has 0 radical (unpaired) electrons. The predicted octanol–water partition coefficient (Wildman–Crippen LogP) is 2.52. The third kappa shape index (κ3) is 2.00. The molecule has 3 heterocycles. The Labute approximate surface area is 146 Å². The van der Waals surface area contributed by atoms with Crippen molar-refractivity contribution in [3.05, 3.63) is 76.0 Å². The van der Waals surface area contributed by atoms with E-state index in [0.717, 1.165) is 5.56 Å². The Morgan fingerprint density at radius 3 is 2.92 bits per heavy atom. The van der Waals surface area contributed by atoms with Crippen molar-refractivity contribution in [1.82, 2.24) is 14.6 Å². The maximum Gasteiger partial charge on any atom is 0.263 e. The molecule has 128 valence electrons. The first-order valence-electron chi connectivity index (χ1n) is 8.22. The summed E-state index contributed by atoms with van der Waals surface area (Å²) in [6.07, 6.45) is 2.11. The monoisotopic (exact) mass is 348 g/mol. The van der Waals surface area contributed by atoms with Crippen molar-refractivity contribution < 1.29 is 9.18 Å². The van der Waals surface area contributed by atoms with Gasteiger partial charge in [-0.25, -0.2) is 8.91 Å². The predicted molar refractivity (Wildman–Crippen MR) is 95.1 cm³/mol. The van der Waals surface area contributed by atoms with E-state index in [9.17, 15) is 14.0 Å². The largest absolute Gasteiger partial charge is 0.307 e. The molecule has 0 bridgehead atoms. The zero-order valence-corrected chi connectivity index (χ0v) is 13.6. The summed E-state index contributed by atoms with van der Waals surface area (Å²) in [6.45, 7) is 0.465. The number of amides is 1. The van der Waals surface area contributed by atoms with Gasteiger partial charge in [0.2, 0.25) is 0 Å². The Hall–Kier alpha value is -3.48. The normalized spacial score (nSPS) is 13.5. The van der Waals surface area contributed by atoms with Gasteiger partial charge in [-0.2, -0.15) is 5.10 Å². The van der Waals surface area contributed by atoms with Gasteiger partial charge in [-0.15, -0.1) is 0 Å². The Bertz CT molecular complexity index is 1260. The van der Waals surface area contributed by atoms with Gasteiger partial charge in [0, 0.05) is 6.54 Å². The second kappa shape index (κ2) is 5.26. The van der Waals surface area contributed by atoms with Crippen LogP contribution in [-0.2, 0) is 6.42 Å². The number of aromatic nitrogens is 3. The van der Waals surface area contributed by atoms with Crippen LogP contribution in [0.3, 0.4) is 0 Å². The summed E-state index contributed by atoms with van der Waals surface area (Å²) in [5, 5.41) is 4.77. The van der Waals surface area contributed by atoms with Crippen LogP contribution >= 0.6 is 0 Å². The minimum absolute atomic E-state index is 0.282. The van der Waals surface area contributed by atoms with Gasteiger partial charge < -0.3 is 9.88 Å². The highest BCUT2D eigenvalue weighted by Gasteiger charge is 2.28. The van der Waals surface area contributed by atoms with Crippen LogP contribution in [0.25, 0.3) is 16.6 Å². The van der Waals surface area contributed by atoms with Gasteiger partial charge in [0.25, 0.3) is 11.5 Å². The van der Waals surface area contributed by atoms with E-state index in [1.165, 1.54) is 23.2 Å². The maximum absolute atomic E-state index is 13.6. The van der Waals surface area contributed by atoms with Crippen LogP contribution in [0.5, 0.6) is 0 Å². The number of halogens is 1. The highest BCUT2D eigenvalue weighted by Crippen LogP contribution is 2.30. The maximum atomic E-state index is 13.6. The average molecular weight is 348 g/mol. The SMILES string of the molecule is O=C(c1cnn2c1[nH]c(=O)c1ccccc12)N1CCc2ccc(F)cc21. The van der Waals surface area contributed by atoms with Crippen molar-refractivity contribution in [3.8, 4) is 0 Å². The van der Waals surface area contributed by atoms with E-state index in [1.54, 1.807) is 28.8 Å². The molecule has 2 aromatic carbocycles. The lowest BCUT2D eigenvalue weighted by molar-refractivity contribution is 0.0990. The van der Waals surface area contributed by atoms with E-state index >= 15 is 0 Å². The zero-order chi connectivity index (χ0) is 17.8. The Kier molecular flexibility index (Phi) is 3.00. The number of carbonyl (C=O) groups excluding carboxylic acids is 1. The molecule has 4 aromatic rings. The number of anilines is 1. The van der Waals surface area contributed by atoms with Crippen LogP contribution in [0.4, 0.5) is 10.1 Å². The molecule has 7 heteroatoms. The van der Waals surface area contributed by atoms with Crippen LogP contribution in [0, 0.1) is 5.82 Å².